The molecule has 0 aliphatic carbocycles. The SMILES string of the molecule is FCC(F)(F)Sn1cnc(-c2ccccc2)c1-c1ccccc1. The maximum absolute atomic E-state index is 13.5. The van der Waals surface area contributed by atoms with Crippen LogP contribution in [0.1, 0.15) is 0 Å². The molecule has 3 aromatic rings. The molecular weight excluding hydrogens is 321 g/mol. The molecule has 0 saturated carbocycles. The minimum absolute atomic E-state index is 0.129. The summed E-state index contributed by atoms with van der Waals surface area (Å²) in [5, 5.41) is -3.50. The first kappa shape index (κ1) is 15.7. The molecule has 0 atom stereocenters. The molecule has 3 rings (SSSR count). The number of benzene rings is 2. The molecule has 0 spiro atoms. The summed E-state index contributed by atoms with van der Waals surface area (Å²) < 4.78 is 40.7. The van der Waals surface area contributed by atoms with E-state index in [9.17, 15) is 13.2 Å². The van der Waals surface area contributed by atoms with Crippen LogP contribution in [0.5, 0.6) is 0 Å². The Balaban J connectivity index is 2.13. The van der Waals surface area contributed by atoms with Gasteiger partial charge >= 0.3 is 5.25 Å². The lowest BCUT2D eigenvalue weighted by Crippen LogP contribution is -2.15. The van der Waals surface area contributed by atoms with Crippen molar-refractivity contribution >= 4 is 11.9 Å². The van der Waals surface area contributed by atoms with E-state index in [0.717, 1.165) is 11.1 Å². The van der Waals surface area contributed by atoms with Crippen molar-refractivity contribution in [3.8, 4) is 22.5 Å². The zero-order valence-electron chi connectivity index (χ0n) is 12.0. The van der Waals surface area contributed by atoms with Gasteiger partial charge in [0.2, 0.25) is 0 Å². The fraction of sp³-hybridized carbons (Fsp3) is 0.118. The van der Waals surface area contributed by atoms with Gasteiger partial charge < -0.3 is 0 Å². The smallest absolute Gasteiger partial charge is 0.266 e. The predicted octanol–water partition coefficient (Wildman–Crippen LogP) is 5.28. The summed E-state index contributed by atoms with van der Waals surface area (Å²) in [6, 6.07) is 18.4. The number of halogens is 3. The van der Waals surface area contributed by atoms with Gasteiger partial charge in [-0.05, 0) is 0 Å². The average molecular weight is 334 g/mol. The van der Waals surface area contributed by atoms with Crippen molar-refractivity contribution in [2.75, 3.05) is 6.67 Å². The van der Waals surface area contributed by atoms with Gasteiger partial charge in [0.25, 0.3) is 0 Å². The lowest BCUT2D eigenvalue weighted by Gasteiger charge is -2.14. The van der Waals surface area contributed by atoms with Gasteiger partial charge in [-0.3, -0.25) is 3.97 Å². The van der Waals surface area contributed by atoms with Crippen molar-refractivity contribution in [1.29, 1.82) is 0 Å². The van der Waals surface area contributed by atoms with E-state index in [1.807, 2.05) is 60.7 Å². The topological polar surface area (TPSA) is 17.8 Å². The van der Waals surface area contributed by atoms with Crippen LogP contribution in [0.4, 0.5) is 13.2 Å². The summed E-state index contributed by atoms with van der Waals surface area (Å²) in [5.74, 6) is 0. The first-order chi connectivity index (χ1) is 11.1. The van der Waals surface area contributed by atoms with E-state index < -0.39 is 11.9 Å². The number of nitrogens with zero attached hydrogens (tertiary/aromatic N) is 2. The summed E-state index contributed by atoms with van der Waals surface area (Å²) in [4.78, 5) is 4.27. The van der Waals surface area contributed by atoms with E-state index in [2.05, 4.69) is 4.98 Å². The van der Waals surface area contributed by atoms with Gasteiger partial charge in [0.1, 0.15) is 6.33 Å². The Morgan fingerprint density at radius 3 is 2.04 bits per heavy atom. The van der Waals surface area contributed by atoms with Crippen molar-refractivity contribution in [3.63, 3.8) is 0 Å². The minimum atomic E-state index is -3.50. The molecular formula is C17H13F3N2S. The second kappa shape index (κ2) is 6.50. The molecule has 118 valence electrons. The Morgan fingerprint density at radius 1 is 0.913 bits per heavy atom. The van der Waals surface area contributed by atoms with Crippen LogP contribution in [0, 0.1) is 0 Å². The normalized spacial score (nSPS) is 11.6. The highest BCUT2D eigenvalue weighted by Crippen LogP contribution is 2.38. The molecule has 0 fully saturated rings. The molecule has 2 nitrogen and oxygen atoms in total. The highest BCUT2D eigenvalue weighted by molar-refractivity contribution is 7.98. The maximum atomic E-state index is 13.5. The predicted molar refractivity (Wildman–Crippen MR) is 87.0 cm³/mol. The highest BCUT2D eigenvalue weighted by atomic mass is 32.2. The first-order valence-corrected chi connectivity index (χ1v) is 7.69. The van der Waals surface area contributed by atoms with Gasteiger partial charge in [0.05, 0.1) is 11.4 Å². The van der Waals surface area contributed by atoms with Crippen LogP contribution in [0.3, 0.4) is 0 Å². The molecule has 0 N–H and O–H groups in total. The van der Waals surface area contributed by atoms with Gasteiger partial charge in [-0.15, -0.1) is 0 Å². The van der Waals surface area contributed by atoms with E-state index in [-0.39, 0.29) is 11.9 Å². The number of rotatable bonds is 5. The summed E-state index contributed by atoms with van der Waals surface area (Å²) in [7, 11) is 0. The Kier molecular flexibility index (Phi) is 4.43. The third-order valence-corrected chi connectivity index (χ3v) is 4.07. The molecule has 1 heterocycles. The fourth-order valence-electron chi connectivity index (χ4n) is 2.24. The first-order valence-electron chi connectivity index (χ1n) is 6.92. The molecule has 6 heteroatoms. The van der Waals surface area contributed by atoms with Crippen LogP contribution in [0.15, 0.2) is 67.0 Å². The second-order valence-corrected chi connectivity index (χ2v) is 6.04. The summed E-state index contributed by atoms with van der Waals surface area (Å²) in [6.07, 6.45) is 1.30. The van der Waals surface area contributed by atoms with Gasteiger partial charge in [-0.1, -0.05) is 60.7 Å². The van der Waals surface area contributed by atoms with Crippen LogP contribution in [-0.2, 0) is 0 Å². The number of alkyl halides is 3. The maximum Gasteiger partial charge on any atom is 0.340 e. The number of imidazole rings is 1. The summed E-state index contributed by atoms with van der Waals surface area (Å²) >= 11 is 0.129. The summed E-state index contributed by atoms with van der Waals surface area (Å²) in [6.45, 7) is -1.73. The Morgan fingerprint density at radius 2 is 1.48 bits per heavy atom. The largest absolute Gasteiger partial charge is 0.340 e. The third kappa shape index (κ3) is 3.42. The lowest BCUT2D eigenvalue weighted by molar-refractivity contribution is 0.0734. The molecule has 0 amide bonds. The van der Waals surface area contributed by atoms with Gasteiger partial charge in [-0.25, -0.2) is 9.37 Å². The van der Waals surface area contributed by atoms with Gasteiger partial charge in [0, 0.05) is 23.1 Å². The van der Waals surface area contributed by atoms with E-state index in [1.54, 1.807) is 0 Å². The molecule has 0 bridgehead atoms. The van der Waals surface area contributed by atoms with Crippen molar-refractivity contribution in [2.45, 2.75) is 5.25 Å². The van der Waals surface area contributed by atoms with E-state index in [1.165, 1.54) is 10.3 Å². The summed E-state index contributed by atoms with van der Waals surface area (Å²) in [5.41, 5.74) is 2.66. The zero-order chi connectivity index (χ0) is 16.3. The third-order valence-electron chi connectivity index (χ3n) is 3.22. The van der Waals surface area contributed by atoms with Crippen molar-refractivity contribution < 1.29 is 13.2 Å². The van der Waals surface area contributed by atoms with Crippen molar-refractivity contribution in [2.24, 2.45) is 0 Å². The standard InChI is InChI=1S/C17H13F3N2S/c18-11-17(19,20)23-22-12-21-15(13-7-3-1-4-8-13)16(22)14-9-5-2-6-10-14/h1-10,12H,11H2. The lowest BCUT2D eigenvalue weighted by atomic mass is 10.1. The Labute approximate surface area is 136 Å². The number of hydrogen-bond acceptors (Lipinski definition) is 2. The van der Waals surface area contributed by atoms with Crippen LogP contribution in [0.2, 0.25) is 0 Å². The van der Waals surface area contributed by atoms with Crippen LogP contribution in [0.25, 0.3) is 22.5 Å². The average Bonchev–Trinajstić information content (AvgIpc) is 2.99. The Bertz CT molecular complexity index is 773. The van der Waals surface area contributed by atoms with Crippen LogP contribution in [-0.4, -0.2) is 20.9 Å². The highest BCUT2D eigenvalue weighted by Gasteiger charge is 2.33. The van der Waals surface area contributed by atoms with E-state index in [4.69, 9.17) is 0 Å². The molecule has 0 radical (unpaired) electrons. The minimum Gasteiger partial charge on any atom is -0.266 e. The van der Waals surface area contributed by atoms with Crippen molar-refractivity contribution in [3.05, 3.63) is 67.0 Å². The molecule has 0 aliphatic rings. The van der Waals surface area contributed by atoms with Gasteiger partial charge in [0.15, 0.2) is 6.67 Å². The molecule has 2 aromatic carbocycles. The van der Waals surface area contributed by atoms with E-state index in [0.29, 0.717) is 11.4 Å². The number of hydrogen-bond donors (Lipinski definition) is 0. The zero-order valence-corrected chi connectivity index (χ0v) is 12.8. The number of aromatic nitrogens is 2. The molecule has 0 saturated heterocycles. The second-order valence-electron chi connectivity index (χ2n) is 4.86. The molecule has 1 aromatic heterocycles. The van der Waals surface area contributed by atoms with Gasteiger partial charge in [-0.2, -0.15) is 8.78 Å². The Hall–Kier alpha value is -2.21. The quantitative estimate of drug-likeness (QED) is 0.632. The van der Waals surface area contributed by atoms with Crippen LogP contribution < -0.4 is 0 Å². The van der Waals surface area contributed by atoms with Crippen LogP contribution >= 0.6 is 11.9 Å². The fourth-order valence-corrected chi connectivity index (χ4v) is 2.95. The van der Waals surface area contributed by atoms with E-state index >= 15 is 0 Å². The van der Waals surface area contributed by atoms with Crippen molar-refractivity contribution in [1.82, 2.24) is 8.96 Å². The monoisotopic (exact) mass is 334 g/mol. The molecule has 0 unspecified atom stereocenters. The molecule has 23 heavy (non-hydrogen) atoms. The molecule has 0 aliphatic heterocycles.